The minimum Gasteiger partial charge on any atom is -0.289 e. The molecular weight excluding hydrogens is 416 g/mol. The molecule has 1 N–H and O–H groups in total. The van der Waals surface area contributed by atoms with Crippen LogP contribution in [0.1, 0.15) is 19.9 Å². The molecule has 0 atom stereocenters. The van der Waals surface area contributed by atoms with Gasteiger partial charge in [-0.05, 0) is 32.0 Å². The van der Waals surface area contributed by atoms with Crippen molar-refractivity contribution in [3.05, 3.63) is 59.3 Å². The fourth-order valence-corrected chi connectivity index (χ4v) is 3.66. The first-order valence-corrected chi connectivity index (χ1v) is 11.1. The maximum Gasteiger partial charge on any atom is 0.302 e. The van der Waals surface area contributed by atoms with Gasteiger partial charge in [-0.15, -0.1) is 0 Å². The van der Waals surface area contributed by atoms with Crippen LogP contribution < -0.4 is 10.2 Å². The lowest BCUT2D eigenvalue weighted by Crippen LogP contribution is -2.29. The largest absolute Gasteiger partial charge is 0.302 e. The molecule has 0 spiro atoms. The summed E-state index contributed by atoms with van der Waals surface area (Å²) in [6.07, 6.45) is 6.84. The summed E-state index contributed by atoms with van der Waals surface area (Å²) >= 11 is 0. The molecule has 0 unspecified atom stereocenters. The number of aromatic nitrogens is 4. The molecule has 4 rings (SSSR count). The molecule has 4 aromatic rings. The highest BCUT2D eigenvalue weighted by Crippen LogP contribution is 2.23. The summed E-state index contributed by atoms with van der Waals surface area (Å²) in [5.41, 5.74) is 1.92. The Morgan fingerprint density at radius 3 is 2.45 bits per heavy atom. The molecule has 0 fully saturated rings. The van der Waals surface area contributed by atoms with E-state index in [0.717, 1.165) is 15.4 Å². The Morgan fingerprint density at radius 1 is 1.00 bits per heavy atom. The van der Waals surface area contributed by atoms with Gasteiger partial charge in [-0.1, -0.05) is 6.07 Å². The highest BCUT2D eigenvalue weighted by atomic mass is 32.2. The van der Waals surface area contributed by atoms with E-state index in [2.05, 4.69) is 19.8 Å². The minimum absolute atomic E-state index is 0.0694. The Labute approximate surface area is 179 Å². The van der Waals surface area contributed by atoms with Gasteiger partial charge in [-0.2, -0.15) is 17.8 Å². The molecule has 0 bridgehead atoms. The molecule has 0 amide bonds. The van der Waals surface area contributed by atoms with Crippen molar-refractivity contribution >= 4 is 37.7 Å². The Bertz CT molecular complexity index is 1460. The van der Waals surface area contributed by atoms with Crippen molar-refractivity contribution < 1.29 is 8.42 Å². The number of rotatable bonds is 5. The predicted octanol–water partition coefficient (Wildman–Crippen LogP) is 2.81. The smallest absolute Gasteiger partial charge is 0.289 e. The van der Waals surface area contributed by atoms with E-state index in [1.54, 1.807) is 30.6 Å². The lowest BCUT2D eigenvalue weighted by molar-refractivity contribution is 0.526. The van der Waals surface area contributed by atoms with Crippen LogP contribution in [-0.4, -0.2) is 46.6 Å². The molecule has 0 aliphatic carbocycles. The van der Waals surface area contributed by atoms with E-state index >= 15 is 0 Å². The zero-order chi connectivity index (χ0) is 22.3. The van der Waals surface area contributed by atoms with Crippen LogP contribution in [0.5, 0.6) is 0 Å². The number of nitrogens with zero attached hydrogens (tertiary/aromatic N) is 5. The van der Waals surface area contributed by atoms with Crippen LogP contribution in [-0.2, 0) is 10.2 Å². The van der Waals surface area contributed by atoms with Gasteiger partial charge in [-0.25, -0.2) is 4.98 Å². The lowest BCUT2D eigenvalue weighted by atomic mass is 10.1. The van der Waals surface area contributed by atoms with Gasteiger partial charge in [-0.3, -0.25) is 19.2 Å². The second-order valence-corrected chi connectivity index (χ2v) is 9.55. The van der Waals surface area contributed by atoms with Crippen molar-refractivity contribution in [3.8, 4) is 11.1 Å². The van der Waals surface area contributed by atoms with Crippen molar-refractivity contribution in [2.45, 2.75) is 19.9 Å². The molecule has 160 valence electrons. The standard InChI is InChI=1S/C21H22N6O3S/c1-13(2)27-12-16(11-24-27)15-7-18-19(22-10-15)6-5-14-9-23-20(8-17(14)21(18)28)25-31(29,30)26(3)4/h5-13H,1-4H3,(H,23,25). The SMILES string of the molecule is CC(C)n1cc(-c2cnc3ccc4cnc(NS(=O)(=O)N(C)C)cc4c(=O)c3c2)cn1. The fourth-order valence-electron chi connectivity index (χ4n) is 3.11. The second kappa shape index (κ2) is 7.71. The number of fused-ring (bicyclic) bond motifs is 2. The van der Waals surface area contributed by atoms with E-state index in [1.807, 2.05) is 24.7 Å². The van der Waals surface area contributed by atoms with Gasteiger partial charge in [0.2, 0.25) is 0 Å². The highest BCUT2D eigenvalue weighted by Gasteiger charge is 2.15. The van der Waals surface area contributed by atoms with Crippen molar-refractivity contribution in [1.29, 1.82) is 0 Å². The van der Waals surface area contributed by atoms with Crippen molar-refractivity contribution in [2.24, 2.45) is 0 Å². The first-order chi connectivity index (χ1) is 14.7. The number of nitrogens with one attached hydrogen (secondary N) is 1. The normalized spacial score (nSPS) is 12.2. The third kappa shape index (κ3) is 3.99. The Balaban J connectivity index is 1.89. The molecule has 1 aromatic carbocycles. The summed E-state index contributed by atoms with van der Waals surface area (Å²) in [4.78, 5) is 22.0. The number of pyridine rings is 2. The van der Waals surface area contributed by atoms with Crippen LogP contribution in [0, 0.1) is 0 Å². The average Bonchev–Trinajstić information content (AvgIpc) is 3.18. The molecule has 0 saturated heterocycles. The van der Waals surface area contributed by atoms with E-state index in [-0.39, 0.29) is 17.3 Å². The summed E-state index contributed by atoms with van der Waals surface area (Å²) in [5, 5.41) is 5.71. The zero-order valence-corrected chi connectivity index (χ0v) is 18.4. The quantitative estimate of drug-likeness (QED) is 0.513. The lowest BCUT2D eigenvalue weighted by Gasteiger charge is -2.12. The molecule has 0 radical (unpaired) electrons. The molecule has 9 nitrogen and oxygen atoms in total. The van der Waals surface area contributed by atoms with E-state index in [1.165, 1.54) is 26.4 Å². The van der Waals surface area contributed by atoms with Crippen LogP contribution in [0.2, 0.25) is 0 Å². The maximum absolute atomic E-state index is 13.4. The van der Waals surface area contributed by atoms with Crippen LogP contribution in [0.25, 0.3) is 32.8 Å². The van der Waals surface area contributed by atoms with Gasteiger partial charge in [0.15, 0.2) is 5.43 Å². The molecule has 0 aliphatic rings. The predicted molar refractivity (Wildman–Crippen MR) is 121 cm³/mol. The molecule has 31 heavy (non-hydrogen) atoms. The minimum atomic E-state index is -3.74. The average molecular weight is 439 g/mol. The van der Waals surface area contributed by atoms with Gasteiger partial charge >= 0.3 is 10.2 Å². The summed E-state index contributed by atoms with van der Waals surface area (Å²) in [5.74, 6) is 0.0694. The van der Waals surface area contributed by atoms with Crippen LogP contribution in [0.15, 0.2) is 53.8 Å². The van der Waals surface area contributed by atoms with Gasteiger partial charge in [0.1, 0.15) is 5.82 Å². The topological polar surface area (TPSA) is 110 Å². The van der Waals surface area contributed by atoms with E-state index in [4.69, 9.17) is 0 Å². The molecule has 0 saturated carbocycles. The first-order valence-electron chi connectivity index (χ1n) is 9.63. The van der Waals surface area contributed by atoms with E-state index < -0.39 is 10.2 Å². The summed E-state index contributed by atoms with van der Waals surface area (Å²) in [7, 11) is -0.928. The first kappa shape index (κ1) is 20.9. The van der Waals surface area contributed by atoms with Gasteiger partial charge in [0.05, 0.1) is 11.7 Å². The number of anilines is 1. The molecule has 3 heterocycles. The molecule has 0 aliphatic heterocycles. The summed E-state index contributed by atoms with van der Waals surface area (Å²) < 4.78 is 29.5. The van der Waals surface area contributed by atoms with Crippen molar-refractivity contribution in [1.82, 2.24) is 24.1 Å². The number of hydrogen-bond acceptors (Lipinski definition) is 6. The molecule has 10 heteroatoms. The van der Waals surface area contributed by atoms with E-state index in [9.17, 15) is 13.2 Å². The van der Waals surface area contributed by atoms with Crippen molar-refractivity contribution in [3.63, 3.8) is 0 Å². The monoisotopic (exact) mass is 438 g/mol. The number of hydrogen-bond donors (Lipinski definition) is 1. The van der Waals surface area contributed by atoms with Crippen LogP contribution in [0.3, 0.4) is 0 Å². The highest BCUT2D eigenvalue weighted by molar-refractivity contribution is 7.90. The Hall–Kier alpha value is -3.37. The van der Waals surface area contributed by atoms with Gasteiger partial charge < -0.3 is 0 Å². The second-order valence-electron chi connectivity index (χ2n) is 7.67. The maximum atomic E-state index is 13.4. The summed E-state index contributed by atoms with van der Waals surface area (Å²) in [6.45, 7) is 4.07. The molecular formula is C21H22N6O3S. The van der Waals surface area contributed by atoms with Crippen LogP contribution >= 0.6 is 0 Å². The Kier molecular flexibility index (Phi) is 5.19. The van der Waals surface area contributed by atoms with Crippen molar-refractivity contribution in [2.75, 3.05) is 18.8 Å². The Morgan fingerprint density at radius 2 is 1.77 bits per heavy atom. The van der Waals surface area contributed by atoms with Gasteiger partial charge in [0, 0.05) is 66.0 Å². The fraction of sp³-hybridized carbons (Fsp3) is 0.238. The van der Waals surface area contributed by atoms with E-state index in [0.29, 0.717) is 21.7 Å². The zero-order valence-electron chi connectivity index (χ0n) is 17.6. The third-order valence-corrected chi connectivity index (χ3v) is 6.37. The van der Waals surface area contributed by atoms with Crippen LogP contribution in [0.4, 0.5) is 5.82 Å². The van der Waals surface area contributed by atoms with Gasteiger partial charge in [0.25, 0.3) is 0 Å². The third-order valence-electron chi connectivity index (χ3n) is 4.94. The summed E-state index contributed by atoms with van der Waals surface area (Å²) in [6, 6.07) is 6.96. The molecule has 3 aromatic heterocycles.